The number of esters is 2. The van der Waals surface area contributed by atoms with Gasteiger partial charge in [0.2, 0.25) is 0 Å². The topological polar surface area (TPSA) is 52.6 Å². The van der Waals surface area contributed by atoms with Gasteiger partial charge < -0.3 is 9.47 Å². The summed E-state index contributed by atoms with van der Waals surface area (Å²) < 4.78 is 13.2. The highest BCUT2D eigenvalue weighted by Crippen LogP contribution is 2.24. The first-order chi connectivity index (χ1) is 13.8. The molecule has 0 heterocycles. The summed E-state index contributed by atoms with van der Waals surface area (Å²) in [5.41, 5.74) is 0.995. The van der Waals surface area contributed by atoms with Crippen LogP contribution in [-0.2, 0) is 9.47 Å². The van der Waals surface area contributed by atoms with E-state index in [2.05, 4.69) is 45.7 Å². The predicted molar refractivity (Wildman–Crippen MR) is 121 cm³/mol. The molecular formula is C23H26Br2O4. The number of carbonyl (C=O) groups is 2. The van der Waals surface area contributed by atoms with Gasteiger partial charge in [-0.15, -0.1) is 0 Å². The average Bonchev–Trinajstić information content (AvgIpc) is 2.69. The summed E-state index contributed by atoms with van der Waals surface area (Å²) >= 11 is 6.72. The molecule has 29 heavy (non-hydrogen) atoms. The first-order valence-electron chi connectivity index (χ1n) is 9.77. The third-order valence-corrected chi connectivity index (χ3v) is 5.92. The Hall–Kier alpha value is -1.66. The van der Waals surface area contributed by atoms with Crippen LogP contribution in [0.1, 0.15) is 60.7 Å². The van der Waals surface area contributed by atoms with E-state index in [0.29, 0.717) is 17.5 Å². The van der Waals surface area contributed by atoms with Crippen LogP contribution in [0.3, 0.4) is 0 Å². The molecule has 0 aromatic heterocycles. The summed E-state index contributed by atoms with van der Waals surface area (Å²) in [6.07, 6.45) is 1.50. The minimum atomic E-state index is -0.382. The van der Waals surface area contributed by atoms with Crippen molar-refractivity contribution in [2.45, 2.75) is 52.2 Å². The molecular weight excluding hydrogens is 500 g/mol. The first kappa shape index (κ1) is 23.6. The Morgan fingerprint density at radius 1 is 0.793 bits per heavy atom. The van der Waals surface area contributed by atoms with Crippen LogP contribution in [0, 0.1) is 5.92 Å². The van der Waals surface area contributed by atoms with Gasteiger partial charge in [0.05, 0.1) is 11.1 Å². The van der Waals surface area contributed by atoms with Crippen LogP contribution in [0.4, 0.5) is 0 Å². The summed E-state index contributed by atoms with van der Waals surface area (Å²) in [6.45, 7) is 5.99. The maximum Gasteiger partial charge on any atom is 0.338 e. The molecule has 0 amide bonds. The van der Waals surface area contributed by atoms with Gasteiger partial charge >= 0.3 is 11.9 Å². The number of benzene rings is 2. The van der Waals surface area contributed by atoms with Gasteiger partial charge in [0.25, 0.3) is 0 Å². The molecule has 0 saturated heterocycles. The van der Waals surface area contributed by atoms with E-state index in [4.69, 9.17) is 9.47 Å². The molecule has 0 unspecified atom stereocenters. The molecule has 0 fully saturated rings. The van der Waals surface area contributed by atoms with Crippen molar-refractivity contribution in [1.82, 2.24) is 0 Å². The van der Waals surface area contributed by atoms with Crippen molar-refractivity contribution in [3.8, 4) is 0 Å². The standard InChI is InChI=1S/C23H26Br2O4/c1-4-16(5-2)21(29-23(27)18-8-12-20(25)13-9-18)14-15(3)28-22(26)17-6-10-19(24)11-7-17/h6-13,15-16,21H,4-5,14H2,1-3H3/t15-,21+/m1/s1. The van der Waals surface area contributed by atoms with Crippen molar-refractivity contribution in [1.29, 1.82) is 0 Å². The van der Waals surface area contributed by atoms with Gasteiger partial charge in [0, 0.05) is 15.4 Å². The number of ether oxygens (including phenoxy) is 2. The maximum atomic E-state index is 12.6. The smallest absolute Gasteiger partial charge is 0.338 e. The van der Waals surface area contributed by atoms with Gasteiger partial charge in [0.1, 0.15) is 12.2 Å². The fourth-order valence-electron chi connectivity index (χ4n) is 3.15. The van der Waals surface area contributed by atoms with Gasteiger partial charge in [-0.25, -0.2) is 9.59 Å². The SMILES string of the molecule is CCC(CC)[C@H](C[C@@H](C)OC(=O)c1ccc(Br)cc1)OC(=O)c1ccc(Br)cc1. The molecule has 156 valence electrons. The Kier molecular flexibility index (Phi) is 9.37. The van der Waals surface area contributed by atoms with Crippen molar-refractivity contribution < 1.29 is 19.1 Å². The van der Waals surface area contributed by atoms with E-state index in [1.54, 1.807) is 36.4 Å². The zero-order valence-corrected chi connectivity index (χ0v) is 20.0. The summed E-state index contributed by atoms with van der Waals surface area (Å²) in [5.74, 6) is -0.545. The lowest BCUT2D eigenvalue weighted by molar-refractivity contribution is -0.0135. The van der Waals surface area contributed by atoms with Crippen LogP contribution >= 0.6 is 31.9 Å². The number of hydrogen-bond donors (Lipinski definition) is 0. The summed E-state index contributed by atoms with van der Waals surface area (Å²) in [7, 11) is 0. The molecule has 2 aromatic rings. The first-order valence-corrected chi connectivity index (χ1v) is 11.4. The van der Waals surface area contributed by atoms with Crippen molar-refractivity contribution in [2.24, 2.45) is 5.92 Å². The third kappa shape index (κ3) is 7.27. The predicted octanol–water partition coefficient (Wildman–Crippen LogP) is 6.81. The fraction of sp³-hybridized carbons (Fsp3) is 0.391. The van der Waals surface area contributed by atoms with Crippen molar-refractivity contribution in [3.05, 3.63) is 68.6 Å². The second-order valence-electron chi connectivity index (χ2n) is 6.99. The van der Waals surface area contributed by atoms with E-state index < -0.39 is 0 Å². The summed E-state index contributed by atoms with van der Waals surface area (Å²) in [4.78, 5) is 25.0. The molecule has 2 aromatic carbocycles. The van der Waals surface area contributed by atoms with Gasteiger partial charge in [-0.3, -0.25) is 0 Å². The highest BCUT2D eigenvalue weighted by atomic mass is 79.9. The Morgan fingerprint density at radius 3 is 1.62 bits per heavy atom. The number of carbonyl (C=O) groups excluding carboxylic acids is 2. The molecule has 0 radical (unpaired) electrons. The summed E-state index contributed by atoms with van der Waals surface area (Å²) in [6, 6.07) is 14.1. The van der Waals surface area contributed by atoms with E-state index in [1.165, 1.54) is 0 Å². The average molecular weight is 526 g/mol. The van der Waals surface area contributed by atoms with E-state index in [9.17, 15) is 9.59 Å². The van der Waals surface area contributed by atoms with Crippen LogP contribution in [-0.4, -0.2) is 24.1 Å². The second-order valence-corrected chi connectivity index (χ2v) is 8.82. The van der Waals surface area contributed by atoms with Gasteiger partial charge in [-0.1, -0.05) is 45.7 Å². The quantitative estimate of drug-likeness (QED) is 0.337. The summed E-state index contributed by atoms with van der Waals surface area (Å²) in [5, 5.41) is 0. The van der Waals surface area contributed by atoms with Crippen LogP contribution < -0.4 is 0 Å². The largest absolute Gasteiger partial charge is 0.459 e. The van der Waals surface area contributed by atoms with Crippen LogP contribution in [0.25, 0.3) is 0 Å². The zero-order valence-electron chi connectivity index (χ0n) is 16.9. The van der Waals surface area contributed by atoms with Crippen molar-refractivity contribution >= 4 is 43.8 Å². The van der Waals surface area contributed by atoms with Gasteiger partial charge in [-0.05, 0) is 74.2 Å². The molecule has 0 aliphatic carbocycles. The lowest BCUT2D eigenvalue weighted by Crippen LogP contribution is -2.31. The molecule has 0 aliphatic rings. The normalized spacial score (nSPS) is 13.0. The lowest BCUT2D eigenvalue weighted by Gasteiger charge is -2.28. The van der Waals surface area contributed by atoms with E-state index in [0.717, 1.165) is 21.8 Å². The molecule has 6 heteroatoms. The molecule has 2 atom stereocenters. The lowest BCUT2D eigenvalue weighted by atomic mass is 9.92. The van der Waals surface area contributed by atoms with Crippen LogP contribution in [0.15, 0.2) is 57.5 Å². The van der Waals surface area contributed by atoms with E-state index in [-0.39, 0.29) is 30.1 Å². The van der Waals surface area contributed by atoms with Crippen molar-refractivity contribution in [2.75, 3.05) is 0 Å². The second kappa shape index (κ2) is 11.5. The molecule has 0 aliphatic heterocycles. The van der Waals surface area contributed by atoms with Gasteiger partial charge in [-0.2, -0.15) is 0 Å². The Bertz CT molecular complexity index is 799. The van der Waals surface area contributed by atoms with E-state index in [1.807, 2.05) is 19.1 Å². The van der Waals surface area contributed by atoms with Crippen LogP contribution in [0.5, 0.6) is 0 Å². The highest BCUT2D eigenvalue weighted by Gasteiger charge is 2.27. The Morgan fingerprint density at radius 2 is 1.21 bits per heavy atom. The molecule has 0 N–H and O–H groups in total. The van der Waals surface area contributed by atoms with Gasteiger partial charge in [0.15, 0.2) is 0 Å². The molecule has 0 saturated carbocycles. The minimum absolute atomic E-state index is 0.197. The monoisotopic (exact) mass is 524 g/mol. The molecule has 2 rings (SSSR count). The number of hydrogen-bond acceptors (Lipinski definition) is 4. The fourth-order valence-corrected chi connectivity index (χ4v) is 3.68. The minimum Gasteiger partial charge on any atom is -0.459 e. The Labute approximate surface area is 189 Å². The Balaban J connectivity index is 2.04. The third-order valence-electron chi connectivity index (χ3n) is 4.87. The number of rotatable bonds is 9. The highest BCUT2D eigenvalue weighted by molar-refractivity contribution is 9.10. The number of halogens is 2. The zero-order chi connectivity index (χ0) is 21.4. The molecule has 0 spiro atoms. The maximum absolute atomic E-state index is 12.6. The van der Waals surface area contributed by atoms with E-state index >= 15 is 0 Å². The molecule has 4 nitrogen and oxygen atoms in total. The van der Waals surface area contributed by atoms with Crippen LogP contribution in [0.2, 0.25) is 0 Å². The molecule has 0 bridgehead atoms. The van der Waals surface area contributed by atoms with Crippen molar-refractivity contribution in [3.63, 3.8) is 0 Å².